The SMILES string of the molecule is O=[N+]([O-])c1ccc2ncnc(NCCc3ccc(Oc4ccccc4)cc3)c2c1.O=[N+]([O-])c1ccc2ncnc(NCCc3ccc(Oc4ccccc4)cc3)c2c1. The molecule has 8 aromatic rings. The van der Waals surface area contributed by atoms with Crippen LogP contribution in [0.25, 0.3) is 21.8 Å². The van der Waals surface area contributed by atoms with Gasteiger partial charge in [-0.25, -0.2) is 19.9 Å². The number of aromatic nitrogens is 4. The molecule has 0 saturated carbocycles. The van der Waals surface area contributed by atoms with Crippen LogP contribution in [0.2, 0.25) is 0 Å². The van der Waals surface area contributed by atoms with Crippen molar-refractivity contribution in [1.82, 2.24) is 19.9 Å². The molecule has 2 aromatic heterocycles. The van der Waals surface area contributed by atoms with Crippen LogP contribution in [-0.4, -0.2) is 42.9 Å². The van der Waals surface area contributed by atoms with Crippen molar-refractivity contribution in [2.45, 2.75) is 12.8 Å². The van der Waals surface area contributed by atoms with Crippen molar-refractivity contribution in [1.29, 1.82) is 0 Å². The van der Waals surface area contributed by atoms with E-state index < -0.39 is 9.85 Å². The summed E-state index contributed by atoms with van der Waals surface area (Å²) in [5.74, 6) is 4.33. The van der Waals surface area contributed by atoms with Gasteiger partial charge in [-0.05, 0) is 84.6 Å². The number of nitrogens with zero attached hydrogens (tertiary/aromatic N) is 6. The van der Waals surface area contributed by atoms with Crippen molar-refractivity contribution in [3.05, 3.63) is 190 Å². The molecule has 0 unspecified atom stereocenters. The first-order chi connectivity index (χ1) is 28.4. The van der Waals surface area contributed by atoms with E-state index in [9.17, 15) is 20.2 Å². The van der Waals surface area contributed by atoms with Gasteiger partial charge in [0, 0.05) is 48.1 Å². The van der Waals surface area contributed by atoms with Gasteiger partial charge in [0.05, 0.1) is 20.9 Å². The number of non-ortho nitro benzene ring substituents is 2. The first-order valence-electron chi connectivity index (χ1n) is 18.3. The quantitative estimate of drug-likeness (QED) is 0.0790. The zero-order valence-corrected chi connectivity index (χ0v) is 31.0. The Morgan fingerprint density at radius 2 is 0.845 bits per heavy atom. The van der Waals surface area contributed by atoms with Gasteiger partial charge < -0.3 is 20.1 Å². The molecule has 0 aliphatic heterocycles. The van der Waals surface area contributed by atoms with Crippen LogP contribution in [0.3, 0.4) is 0 Å². The van der Waals surface area contributed by atoms with E-state index in [1.807, 2.05) is 109 Å². The zero-order valence-electron chi connectivity index (χ0n) is 31.0. The van der Waals surface area contributed by atoms with E-state index in [1.165, 1.54) is 36.9 Å². The van der Waals surface area contributed by atoms with Crippen molar-refractivity contribution in [2.24, 2.45) is 0 Å². The molecule has 0 spiro atoms. The molecule has 0 saturated heterocycles. The van der Waals surface area contributed by atoms with Crippen LogP contribution in [0, 0.1) is 20.2 Å². The van der Waals surface area contributed by atoms with Crippen LogP contribution < -0.4 is 20.1 Å². The van der Waals surface area contributed by atoms with Crippen LogP contribution in [0.5, 0.6) is 23.0 Å². The van der Waals surface area contributed by atoms with Crippen LogP contribution in [-0.2, 0) is 12.8 Å². The summed E-state index contributed by atoms with van der Waals surface area (Å²) in [7, 11) is 0. The van der Waals surface area contributed by atoms with E-state index in [0.717, 1.165) is 47.0 Å². The number of benzene rings is 6. The standard InChI is InChI=1S/2C22H18N4O3/c2*27-26(28)17-8-11-21-20(14-17)22(25-15-24-21)23-13-12-16-6-9-19(10-7-16)29-18-4-2-1-3-5-18/h2*1-11,14-15H,12-13H2,(H,23,24,25). The Bertz CT molecular complexity index is 2450. The Kier molecular flexibility index (Phi) is 12.2. The van der Waals surface area contributed by atoms with Gasteiger partial charge in [-0.3, -0.25) is 20.2 Å². The summed E-state index contributed by atoms with van der Waals surface area (Å²) in [5, 5.41) is 29.8. The summed E-state index contributed by atoms with van der Waals surface area (Å²) in [5.41, 5.74) is 3.64. The first-order valence-corrected chi connectivity index (χ1v) is 18.3. The summed E-state index contributed by atoms with van der Waals surface area (Å²) in [6.07, 6.45) is 4.44. The fourth-order valence-electron chi connectivity index (χ4n) is 5.95. The maximum atomic E-state index is 11.0. The van der Waals surface area contributed by atoms with Gasteiger partial charge in [0.25, 0.3) is 11.4 Å². The lowest BCUT2D eigenvalue weighted by Gasteiger charge is -2.09. The van der Waals surface area contributed by atoms with E-state index in [1.54, 1.807) is 12.1 Å². The molecule has 0 atom stereocenters. The highest BCUT2D eigenvalue weighted by Crippen LogP contribution is 2.27. The third-order valence-electron chi connectivity index (χ3n) is 8.88. The summed E-state index contributed by atoms with van der Waals surface area (Å²) in [4.78, 5) is 38.0. The smallest absolute Gasteiger partial charge is 0.270 e. The highest BCUT2D eigenvalue weighted by atomic mass is 16.6. The second-order valence-corrected chi connectivity index (χ2v) is 12.8. The highest BCUT2D eigenvalue weighted by Gasteiger charge is 2.12. The lowest BCUT2D eigenvalue weighted by atomic mass is 10.1. The minimum Gasteiger partial charge on any atom is -0.457 e. The van der Waals surface area contributed by atoms with Gasteiger partial charge in [-0.15, -0.1) is 0 Å². The minimum absolute atomic E-state index is 0.0179. The van der Waals surface area contributed by atoms with Gasteiger partial charge in [-0.2, -0.15) is 0 Å². The molecule has 8 rings (SSSR count). The summed E-state index contributed by atoms with van der Waals surface area (Å²) >= 11 is 0. The summed E-state index contributed by atoms with van der Waals surface area (Å²) < 4.78 is 11.6. The normalized spacial score (nSPS) is 10.6. The molecule has 0 radical (unpaired) electrons. The fourth-order valence-corrected chi connectivity index (χ4v) is 5.95. The van der Waals surface area contributed by atoms with Crippen molar-refractivity contribution in [3.8, 4) is 23.0 Å². The number of nitro benzene ring substituents is 2. The number of fused-ring (bicyclic) bond motifs is 2. The molecule has 0 fully saturated rings. The van der Waals surface area contributed by atoms with Crippen LogP contribution in [0.4, 0.5) is 23.0 Å². The second kappa shape index (κ2) is 18.6. The third-order valence-corrected chi connectivity index (χ3v) is 8.88. The lowest BCUT2D eigenvalue weighted by Crippen LogP contribution is -2.07. The van der Waals surface area contributed by atoms with Crippen molar-refractivity contribution in [2.75, 3.05) is 23.7 Å². The van der Waals surface area contributed by atoms with E-state index >= 15 is 0 Å². The molecule has 58 heavy (non-hydrogen) atoms. The van der Waals surface area contributed by atoms with Crippen molar-refractivity contribution in [3.63, 3.8) is 0 Å². The fraction of sp³-hybridized carbons (Fsp3) is 0.0909. The molecule has 0 aliphatic rings. The molecule has 288 valence electrons. The molecule has 2 N–H and O–H groups in total. The molecular formula is C44H36N8O6. The van der Waals surface area contributed by atoms with E-state index in [2.05, 4.69) is 30.6 Å². The van der Waals surface area contributed by atoms with Crippen molar-refractivity contribution >= 4 is 44.8 Å². The molecule has 14 heteroatoms. The largest absolute Gasteiger partial charge is 0.457 e. The average Bonchev–Trinajstić information content (AvgIpc) is 3.25. The Balaban J connectivity index is 0.000000177. The number of nitrogens with one attached hydrogen (secondary N) is 2. The van der Waals surface area contributed by atoms with Gasteiger partial charge in [0.2, 0.25) is 0 Å². The van der Waals surface area contributed by atoms with Gasteiger partial charge in [0.1, 0.15) is 47.3 Å². The molecule has 0 amide bonds. The topological polar surface area (TPSA) is 180 Å². The number of hydrogen-bond donors (Lipinski definition) is 2. The van der Waals surface area contributed by atoms with Crippen molar-refractivity contribution < 1.29 is 19.3 Å². The second-order valence-electron chi connectivity index (χ2n) is 12.8. The number of para-hydroxylation sites is 2. The number of ether oxygens (including phenoxy) is 2. The predicted octanol–water partition coefficient (Wildman–Crippen LogP) is 9.97. The van der Waals surface area contributed by atoms with E-state index in [4.69, 9.17) is 9.47 Å². The van der Waals surface area contributed by atoms with Crippen LogP contribution >= 0.6 is 0 Å². The average molecular weight is 773 g/mol. The Morgan fingerprint density at radius 1 is 0.466 bits per heavy atom. The van der Waals surface area contributed by atoms with E-state index in [-0.39, 0.29) is 11.4 Å². The maximum absolute atomic E-state index is 11.0. The number of anilines is 2. The van der Waals surface area contributed by atoms with E-state index in [0.29, 0.717) is 46.5 Å². The molecule has 0 bridgehead atoms. The third kappa shape index (κ3) is 10.2. The number of hydrogen-bond acceptors (Lipinski definition) is 12. The summed E-state index contributed by atoms with van der Waals surface area (Å²) in [6.45, 7) is 1.27. The Morgan fingerprint density at radius 3 is 1.22 bits per heavy atom. The lowest BCUT2D eigenvalue weighted by molar-refractivity contribution is -0.384. The van der Waals surface area contributed by atoms with Gasteiger partial charge in [0.15, 0.2) is 0 Å². The maximum Gasteiger partial charge on any atom is 0.270 e. The molecule has 2 heterocycles. The molecule has 0 aliphatic carbocycles. The number of nitro groups is 2. The summed E-state index contributed by atoms with van der Waals surface area (Å²) in [6, 6.07) is 44.2. The molecular weight excluding hydrogens is 737 g/mol. The minimum atomic E-state index is -0.421. The Labute approximate surface area is 332 Å². The monoisotopic (exact) mass is 772 g/mol. The molecule has 6 aromatic carbocycles. The van der Waals surface area contributed by atoms with Gasteiger partial charge in [-0.1, -0.05) is 60.7 Å². The molecule has 14 nitrogen and oxygen atoms in total. The zero-order chi connectivity index (χ0) is 40.1. The number of rotatable bonds is 14. The van der Waals surface area contributed by atoms with Gasteiger partial charge >= 0.3 is 0 Å². The van der Waals surface area contributed by atoms with Crippen LogP contribution in [0.1, 0.15) is 11.1 Å². The Hall–Kier alpha value is -8.00. The first kappa shape index (κ1) is 38.3. The highest BCUT2D eigenvalue weighted by molar-refractivity contribution is 5.91. The van der Waals surface area contributed by atoms with Crippen LogP contribution in [0.15, 0.2) is 158 Å². The predicted molar refractivity (Wildman–Crippen MR) is 223 cm³/mol.